The Bertz CT molecular complexity index is 513. The summed E-state index contributed by atoms with van der Waals surface area (Å²) in [5, 5.41) is 9.20. The predicted octanol–water partition coefficient (Wildman–Crippen LogP) is 1.65. The van der Waals surface area contributed by atoms with Crippen molar-refractivity contribution in [2.45, 2.75) is 43.7 Å². The Morgan fingerprint density at radius 3 is 2.67 bits per heavy atom. The van der Waals surface area contributed by atoms with E-state index in [9.17, 15) is 13.5 Å². The molecule has 2 N–H and O–H groups in total. The molecule has 0 aliphatic heterocycles. The minimum atomic E-state index is -3.53. The molecule has 0 bridgehead atoms. The molecule has 0 radical (unpaired) electrons. The van der Waals surface area contributed by atoms with Crippen molar-refractivity contribution in [3.8, 4) is 0 Å². The normalized spacial score (nSPS) is 24.3. The summed E-state index contributed by atoms with van der Waals surface area (Å²) < 4.78 is 27.3. The molecule has 0 saturated heterocycles. The maximum absolute atomic E-state index is 12.3. The summed E-state index contributed by atoms with van der Waals surface area (Å²) in [5.74, 6) is 0.376. The molecule has 0 aromatic heterocycles. The van der Waals surface area contributed by atoms with E-state index in [2.05, 4.69) is 11.6 Å². The summed E-state index contributed by atoms with van der Waals surface area (Å²) >= 11 is 0. The van der Waals surface area contributed by atoms with Gasteiger partial charge in [-0.25, -0.2) is 13.1 Å². The van der Waals surface area contributed by atoms with Crippen molar-refractivity contribution >= 4 is 10.0 Å². The molecule has 1 aliphatic carbocycles. The van der Waals surface area contributed by atoms with Gasteiger partial charge in [-0.1, -0.05) is 31.5 Å². The first-order chi connectivity index (χ1) is 8.54. The van der Waals surface area contributed by atoms with Crippen LogP contribution < -0.4 is 4.72 Å². The SMILES string of the molecule is CC1CCCC1NS(=O)(=O)c1ccccc1CO. The minimum absolute atomic E-state index is 0.0155. The second-order valence-corrected chi connectivity index (χ2v) is 6.58. The van der Waals surface area contributed by atoms with E-state index in [-0.39, 0.29) is 17.5 Å². The molecule has 1 fully saturated rings. The molecule has 2 unspecified atom stereocenters. The molecule has 4 nitrogen and oxygen atoms in total. The highest BCUT2D eigenvalue weighted by Crippen LogP contribution is 2.27. The lowest BCUT2D eigenvalue weighted by Crippen LogP contribution is -2.36. The molecule has 0 amide bonds. The van der Waals surface area contributed by atoms with Crippen molar-refractivity contribution in [1.82, 2.24) is 4.72 Å². The van der Waals surface area contributed by atoms with Gasteiger partial charge in [0.2, 0.25) is 10.0 Å². The van der Waals surface area contributed by atoms with Crippen LogP contribution in [0.4, 0.5) is 0 Å². The van der Waals surface area contributed by atoms with Gasteiger partial charge < -0.3 is 5.11 Å². The number of aliphatic hydroxyl groups excluding tert-OH is 1. The average molecular weight is 269 g/mol. The summed E-state index contributed by atoms with van der Waals surface area (Å²) in [6.07, 6.45) is 3.02. The molecule has 5 heteroatoms. The summed E-state index contributed by atoms with van der Waals surface area (Å²) in [4.78, 5) is 0.187. The number of rotatable bonds is 4. The maximum Gasteiger partial charge on any atom is 0.241 e. The lowest BCUT2D eigenvalue weighted by atomic mass is 10.1. The molecule has 0 spiro atoms. The van der Waals surface area contributed by atoms with Crippen LogP contribution in [0.3, 0.4) is 0 Å². The van der Waals surface area contributed by atoms with Crippen molar-refractivity contribution in [2.24, 2.45) is 5.92 Å². The quantitative estimate of drug-likeness (QED) is 0.873. The van der Waals surface area contributed by atoms with Gasteiger partial charge in [-0.05, 0) is 30.4 Å². The molecule has 1 aromatic rings. The Balaban J connectivity index is 2.25. The largest absolute Gasteiger partial charge is 0.392 e. The standard InChI is InChI=1S/C13H19NO3S/c1-10-5-4-7-12(10)14-18(16,17)13-8-3-2-6-11(13)9-15/h2-3,6,8,10,12,14-15H,4-5,7,9H2,1H3. The second-order valence-electron chi connectivity index (χ2n) is 4.90. The first-order valence-electron chi connectivity index (χ1n) is 6.25. The van der Waals surface area contributed by atoms with Crippen LogP contribution in [0.15, 0.2) is 29.2 Å². The third-order valence-corrected chi connectivity index (χ3v) is 5.19. The summed E-state index contributed by atoms with van der Waals surface area (Å²) in [7, 11) is -3.53. The molecule has 1 aromatic carbocycles. The van der Waals surface area contributed by atoms with Gasteiger partial charge in [-0.3, -0.25) is 0 Å². The monoisotopic (exact) mass is 269 g/mol. The number of benzene rings is 1. The highest BCUT2D eigenvalue weighted by atomic mass is 32.2. The number of hydrogen-bond acceptors (Lipinski definition) is 3. The van der Waals surface area contributed by atoms with Crippen molar-refractivity contribution in [3.05, 3.63) is 29.8 Å². The lowest BCUT2D eigenvalue weighted by molar-refractivity contribution is 0.278. The van der Waals surface area contributed by atoms with Gasteiger partial charge in [-0.15, -0.1) is 0 Å². The van der Waals surface area contributed by atoms with Crippen LogP contribution in [0.2, 0.25) is 0 Å². The number of sulfonamides is 1. The van der Waals surface area contributed by atoms with E-state index in [1.165, 1.54) is 6.07 Å². The van der Waals surface area contributed by atoms with E-state index in [0.717, 1.165) is 19.3 Å². The van der Waals surface area contributed by atoms with Gasteiger partial charge in [0.25, 0.3) is 0 Å². The molecule has 2 rings (SSSR count). The first-order valence-corrected chi connectivity index (χ1v) is 7.74. The van der Waals surface area contributed by atoms with E-state index in [0.29, 0.717) is 11.5 Å². The summed E-state index contributed by atoms with van der Waals surface area (Å²) in [5.41, 5.74) is 0.440. The Kier molecular flexibility index (Phi) is 4.04. The fourth-order valence-electron chi connectivity index (χ4n) is 2.48. The molecule has 2 atom stereocenters. The highest BCUT2D eigenvalue weighted by Gasteiger charge is 2.29. The van der Waals surface area contributed by atoms with E-state index in [1.54, 1.807) is 18.2 Å². The smallest absolute Gasteiger partial charge is 0.241 e. The predicted molar refractivity (Wildman–Crippen MR) is 69.5 cm³/mol. The fourth-order valence-corrected chi connectivity index (χ4v) is 4.09. The van der Waals surface area contributed by atoms with Gasteiger partial charge in [-0.2, -0.15) is 0 Å². The number of hydrogen-bond donors (Lipinski definition) is 2. The molecule has 0 heterocycles. The molecule has 18 heavy (non-hydrogen) atoms. The van der Waals surface area contributed by atoms with Gasteiger partial charge >= 0.3 is 0 Å². The Labute approximate surface area is 108 Å². The minimum Gasteiger partial charge on any atom is -0.392 e. The third kappa shape index (κ3) is 2.74. The first kappa shape index (κ1) is 13.5. The van der Waals surface area contributed by atoms with Crippen LogP contribution in [0.1, 0.15) is 31.7 Å². The lowest BCUT2D eigenvalue weighted by Gasteiger charge is -2.18. The topological polar surface area (TPSA) is 66.4 Å². The number of nitrogens with one attached hydrogen (secondary N) is 1. The zero-order valence-electron chi connectivity index (χ0n) is 10.5. The maximum atomic E-state index is 12.3. The van der Waals surface area contributed by atoms with Crippen LogP contribution >= 0.6 is 0 Å². The summed E-state index contributed by atoms with van der Waals surface area (Å²) in [6, 6.07) is 6.58. The van der Waals surface area contributed by atoms with E-state index in [4.69, 9.17) is 0 Å². The zero-order valence-corrected chi connectivity index (χ0v) is 11.3. The Hall–Kier alpha value is -0.910. The van der Waals surface area contributed by atoms with Crippen molar-refractivity contribution in [3.63, 3.8) is 0 Å². The molecule has 1 saturated carbocycles. The average Bonchev–Trinajstić information content (AvgIpc) is 2.74. The van der Waals surface area contributed by atoms with E-state index < -0.39 is 10.0 Å². The van der Waals surface area contributed by atoms with Crippen LogP contribution in [0, 0.1) is 5.92 Å². The van der Waals surface area contributed by atoms with E-state index >= 15 is 0 Å². The molecular formula is C13H19NO3S. The van der Waals surface area contributed by atoms with Crippen molar-refractivity contribution in [2.75, 3.05) is 0 Å². The third-order valence-electron chi connectivity index (χ3n) is 3.60. The zero-order chi connectivity index (χ0) is 13.2. The van der Waals surface area contributed by atoms with Gasteiger partial charge in [0.1, 0.15) is 0 Å². The molecule has 1 aliphatic rings. The van der Waals surface area contributed by atoms with Crippen LogP contribution in [0.25, 0.3) is 0 Å². The Morgan fingerprint density at radius 2 is 2.06 bits per heavy atom. The fraction of sp³-hybridized carbons (Fsp3) is 0.538. The molecule has 100 valence electrons. The van der Waals surface area contributed by atoms with Crippen molar-refractivity contribution < 1.29 is 13.5 Å². The van der Waals surface area contributed by atoms with E-state index in [1.807, 2.05) is 0 Å². The second kappa shape index (κ2) is 5.38. The summed E-state index contributed by atoms with van der Waals surface area (Å²) in [6.45, 7) is 1.80. The van der Waals surface area contributed by atoms with Gasteiger partial charge in [0.05, 0.1) is 11.5 Å². The van der Waals surface area contributed by atoms with Crippen LogP contribution in [-0.2, 0) is 16.6 Å². The van der Waals surface area contributed by atoms with Gasteiger partial charge in [0, 0.05) is 6.04 Å². The van der Waals surface area contributed by atoms with Crippen LogP contribution in [0.5, 0.6) is 0 Å². The highest BCUT2D eigenvalue weighted by molar-refractivity contribution is 7.89. The number of aliphatic hydroxyl groups is 1. The van der Waals surface area contributed by atoms with Crippen molar-refractivity contribution in [1.29, 1.82) is 0 Å². The Morgan fingerprint density at radius 1 is 1.33 bits per heavy atom. The van der Waals surface area contributed by atoms with Gasteiger partial charge in [0.15, 0.2) is 0 Å². The molecular weight excluding hydrogens is 250 g/mol. The van der Waals surface area contributed by atoms with Crippen LogP contribution in [-0.4, -0.2) is 19.6 Å².